The van der Waals surface area contributed by atoms with Crippen LogP contribution in [0.5, 0.6) is 23.0 Å². The van der Waals surface area contributed by atoms with Gasteiger partial charge >= 0.3 is 11.4 Å². The number of fused-ring (bicyclic) bond motifs is 2. The van der Waals surface area contributed by atoms with Crippen LogP contribution in [-0.4, -0.2) is 70.3 Å². The molecule has 8 rings (SSSR count). The number of aromatic nitrogens is 4. The Morgan fingerprint density at radius 2 is 1.25 bits per heavy atom. The van der Waals surface area contributed by atoms with E-state index in [0.717, 1.165) is 59.5 Å². The SMILES string of the molecule is COc1cc(F)c([N+](=O)[O-])cc1N.COc1cc(F)c([N+](=O)[O-])cc1Nc1nccc(N2CCOc3ccccc32)n1.Clc1nccc(N2CCOc3ccccc32)n1. The van der Waals surface area contributed by atoms with E-state index in [1.165, 1.54) is 14.2 Å². The van der Waals surface area contributed by atoms with Crippen LogP contribution in [0.3, 0.4) is 0 Å². The summed E-state index contributed by atoms with van der Waals surface area (Å²) in [7, 11) is 2.64. The number of methoxy groups -OCH3 is 2. The summed E-state index contributed by atoms with van der Waals surface area (Å²) in [5, 5.41) is 24.4. The molecule has 0 radical (unpaired) electrons. The van der Waals surface area contributed by atoms with Crippen LogP contribution in [0, 0.1) is 31.9 Å². The highest BCUT2D eigenvalue weighted by Gasteiger charge is 2.23. The lowest BCUT2D eigenvalue weighted by molar-refractivity contribution is -0.387. The minimum atomic E-state index is -0.989. The fourth-order valence-corrected chi connectivity index (χ4v) is 5.94. The van der Waals surface area contributed by atoms with Gasteiger partial charge in [0, 0.05) is 36.7 Å². The van der Waals surface area contributed by atoms with Gasteiger partial charge in [0.05, 0.1) is 59.9 Å². The number of nitrogens with one attached hydrogen (secondary N) is 1. The Balaban J connectivity index is 0.000000165. The molecular weight excluding hydrogens is 798 g/mol. The number of hydrogen-bond acceptors (Lipinski definition) is 16. The minimum Gasteiger partial charge on any atom is -0.494 e. The predicted octanol–water partition coefficient (Wildman–Crippen LogP) is 7.79. The molecule has 0 saturated heterocycles. The molecular formula is C38H33ClF2N10O8. The van der Waals surface area contributed by atoms with Crippen molar-refractivity contribution in [2.45, 2.75) is 0 Å². The summed E-state index contributed by atoms with van der Waals surface area (Å²) >= 11 is 5.81. The van der Waals surface area contributed by atoms with Crippen molar-refractivity contribution in [2.24, 2.45) is 0 Å². The minimum absolute atomic E-state index is 0.0376. The van der Waals surface area contributed by atoms with E-state index in [0.29, 0.717) is 25.6 Å². The molecule has 18 nitrogen and oxygen atoms in total. The van der Waals surface area contributed by atoms with Crippen molar-refractivity contribution in [3.8, 4) is 23.0 Å². The molecule has 2 aliphatic heterocycles. The average molecular weight is 831 g/mol. The number of hydrogen-bond donors (Lipinski definition) is 2. The molecule has 304 valence electrons. The second-order valence-corrected chi connectivity index (χ2v) is 12.4. The van der Waals surface area contributed by atoms with E-state index in [1.807, 2.05) is 59.5 Å². The van der Waals surface area contributed by atoms with Gasteiger partial charge in [0.15, 0.2) is 0 Å². The molecule has 0 bridgehead atoms. The van der Waals surface area contributed by atoms with E-state index >= 15 is 0 Å². The van der Waals surface area contributed by atoms with Crippen LogP contribution in [0.15, 0.2) is 97.3 Å². The Bertz CT molecular complexity index is 2490. The third-order valence-electron chi connectivity index (χ3n) is 8.47. The van der Waals surface area contributed by atoms with Crippen molar-refractivity contribution in [2.75, 3.05) is 61.4 Å². The standard InChI is InChI=1S/C19H16FN5O4.C12H10ClN3O.C7H7FN2O3/c1-28-17-10-12(20)15(25(26)27)11-13(17)22-19-21-7-6-18(23-19)24-8-9-29-16-5-3-2-4-14(16)24;13-12-14-6-5-11(15-12)16-7-8-17-10-4-2-1-3-9(10)16;1-13-7-2-4(8)6(10(11)12)3-5(7)9/h2-7,10-11H,8-9H2,1H3,(H,21,22,23);1-6H,7-8H2;2-3H,9H2,1H3. The summed E-state index contributed by atoms with van der Waals surface area (Å²) in [6.07, 6.45) is 3.22. The van der Waals surface area contributed by atoms with Gasteiger partial charge in [-0.3, -0.25) is 20.2 Å². The summed E-state index contributed by atoms with van der Waals surface area (Å²) in [5.74, 6) is 1.45. The lowest BCUT2D eigenvalue weighted by atomic mass is 10.2. The van der Waals surface area contributed by atoms with Crippen molar-refractivity contribution in [3.63, 3.8) is 0 Å². The van der Waals surface area contributed by atoms with Gasteiger partial charge in [-0.1, -0.05) is 24.3 Å². The molecule has 0 saturated carbocycles. The van der Waals surface area contributed by atoms with Gasteiger partial charge in [-0.05, 0) is 48.0 Å². The summed E-state index contributed by atoms with van der Waals surface area (Å²) in [6, 6.07) is 22.9. The largest absolute Gasteiger partial charge is 0.494 e. The number of nitro benzene ring substituents is 2. The Hall–Kier alpha value is -7.61. The number of para-hydroxylation sites is 4. The molecule has 3 N–H and O–H groups in total. The Morgan fingerprint density at radius 1 is 0.746 bits per heavy atom. The van der Waals surface area contributed by atoms with Gasteiger partial charge < -0.3 is 39.8 Å². The molecule has 0 atom stereocenters. The van der Waals surface area contributed by atoms with Crippen molar-refractivity contribution in [1.29, 1.82) is 0 Å². The second kappa shape index (κ2) is 18.6. The van der Waals surface area contributed by atoms with E-state index in [4.69, 9.17) is 31.5 Å². The fourth-order valence-electron chi connectivity index (χ4n) is 5.80. The van der Waals surface area contributed by atoms with Crippen molar-refractivity contribution in [3.05, 3.63) is 134 Å². The first-order chi connectivity index (χ1) is 28.5. The zero-order valence-corrected chi connectivity index (χ0v) is 31.9. The van der Waals surface area contributed by atoms with Gasteiger partial charge in [-0.25, -0.2) is 15.0 Å². The number of nitrogens with zero attached hydrogens (tertiary/aromatic N) is 8. The number of nitrogens with two attached hydrogens (primary N) is 1. The van der Waals surface area contributed by atoms with E-state index in [-0.39, 0.29) is 34.1 Å². The van der Waals surface area contributed by atoms with Crippen molar-refractivity contribution >= 4 is 63.3 Å². The van der Waals surface area contributed by atoms with Crippen LogP contribution in [0.25, 0.3) is 0 Å². The second-order valence-electron chi connectivity index (χ2n) is 12.0. The van der Waals surface area contributed by atoms with Crippen LogP contribution in [0.2, 0.25) is 5.28 Å². The zero-order valence-electron chi connectivity index (χ0n) is 31.1. The first-order valence-corrected chi connectivity index (χ1v) is 17.7. The van der Waals surface area contributed by atoms with Crippen LogP contribution in [-0.2, 0) is 0 Å². The maximum absolute atomic E-state index is 13.9. The van der Waals surface area contributed by atoms with E-state index in [1.54, 1.807) is 18.5 Å². The zero-order chi connectivity index (χ0) is 42.1. The summed E-state index contributed by atoms with van der Waals surface area (Å²) in [5.41, 5.74) is 6.11. The molecule has 0 amide bonds. The predicted molar refractivity (Wildman–Crippen MR) is 214 cm³/mol. The van der Waals surface area contributed by atoms with Gasteiger partial charge in [-0.2, -0.15) is 13.8 Å². The number of halogens is 3. The molecule has 2 aromatic heterocycles. The van der Waals surface area contributed by atoms with Crippen LogP contribution in [0.1, 0.15) is 0 Å². The molecule has 21 heteroatoms. The Labute approximate surface area is 339 Å². The first-order valence-electron chi connectivity index (χ1n) is 17.3. The molecule has 2 aliphatic rings. The molecule has 0 spiro atoms. The fraction of sp³-hybridized carbons (Fsp3) is 0.158. The summed E-state index contributed by atoms with van der Waals surface area (Å²) in [4.78, 5) is 40.5. The number of rotatable bonds is 8. The van der Waals surface area contributed by atoms with Gasteiger partial charge in [0.2, 0.25) is 22.9 Å². The van der Waals surface area contributed by atoms with Crippen LogP contribution >= 0.6 is 11.6 Å². The Kier molecular flexibility index (Phi) is 12.9. The molecule has 6 aromatic rings. The van der Waals surface area contributed by atoms with Gasteiger partial charge in [0.25, 0.3) is 0 Å². The lowest BCUT2D eigenvalue weighted by Gasteiger charge is -2.30. The molecule has 59 heavy (non-hydrogen) atoms. The monoisotopic (exact) mass is 830 g/mol. The molecule has 4 aromatic carbocycles. The molecule has 0 fully saturated rings. The smallest absolute Gasteiger partial charge is 0.307 e. The van der Waals surface area contributed by atoms with Gasteiger partial charge in [0.1, 0.15) is 47.8 Å². The van der Waals surface area contributed by atoms with E-state index in [9.17, 15) is 29.0 Å². The number of nitrogen functional groups attached to an aromatic ring is 1. The number of benzene rings is 4. The topological polar surface area (TPSA) is 219 Å². The van der Waals surface area contributed by atoms with E-state index in [2.05, 4.69) is 34.9 Å². The normalized spacial score (nSPS) is 12.4. The Morgan fingerprint density at radius 3 is 1.80 bits per heavy atom. The summed E-state index contributed by atoms with van der Waals surface area (Å²) < 4.78 is 47.8. The number of nitro groups is 2. The highest BCUT2D eigenvalue weighted by Crippen LogP contribution is 2.38. The van der Waals surface area contributed by atoms with Gasteiger partial charge in [-0.15, -0.1) is 0 Å². The van der Waals surface area contributed by atoms with Crippen LogP contribution < -0.4 is 39.8 Å². The highest BCUT2D eigenvalue weighted by atomic mass is 35.5. The first kappa shape index (κ1) is 41.0. The van der Waals surface area contributed by atoms with Crippen molar-refractivity contribution < 1.29 is 37.6 Å². The maximum atomic E-state index is 13.9. The molecule has 0 aliphatic carbocycles. The van der Waals surface area contributed by atoms with Crippen molar-refractivity contribution in [1.82, 2.24) is 19.9 Å². The third kappa shape index (κ3) is 9.68. The quantitative estimate of drug-likeness (QED) is 0.0647. The van der Waals surface area contributed by atoms with Crippen LogP contribution in [0.4, 0.5) is 60.5 Å². The lowest BCUT2D eigenvalue weighted by Crippen LogP contribution is -2.29. The highest BCUT2D eigenvalue weighted by molar-refractivity contribution is 6.28. The molecule has 4 heterocycles. The number of ether oxygens (including phenoxy) is 4. The van der Waals surface area contributed by atoms with E-state index < -0.39 is 32.9 Å². The third-order valence-corrected chi connectivity index (χ3v) is 8.65. The maximum Gasteiger partial charge on any atom is 0.307 e. The number of anilines is 7. The average Bonchev–Trinajstić information content (AvgIpc) is 3.24. The summed E-state index contributed by atoms with van der Waals surface area (Å²) in [6.45, 7) is 2.49. The molecule has 0 unspecified atom stereocenters.